The molecule has 0 bridgehead atoms. The Bertz CT molecular complexity index is 972. The van der Waals surface area contributed by atoms with Gasteiger partial charge in [0, 0.05) is 29.6 Å². The van der Waals surface area contributed by atoms with Gasteiger partial charge in [0.2, 0.25) is 5.91 Å². The summed E-state index contributed by atoms with van der Waals surface area (Å²) < 4.78 is 5.21. The van der Waals surface area contributed by atoms with Crippen molar-refractivity contribution in [3.05, 3.63) is 64.1 Å². The average Bonchev–Trinajstić information content (AvgIpc) is 3.26. The van der Waals surface area contributed by atoms with Gasteiger partial charge in [-0.1, -0.05) is 35.1 Å². The lowest BCUT2D eigenvalue weighted by Gasteiger charge is -2.31. The van der Waals surface area contributed by atoms with E-state index in [4.69, 9.17) is 16.3 Å². The van der Waals surface area contributed by atoms with Gasteiger partial charge in [-0.05, 0) is 54.8 Å². The van der Waals surface area contributed by atoms with Crippen LogP contribution in [0.1, 0.15) is 29.3 Å². The molecule has 29 heavy (non-hydrogen) atoms. The molecule has 1 aliphatic rings. The summed E-state index contributed by atoms with van der Waals surface area (Å²) in [7, 11) is 1.65. The number of ether oxygens (including phenoxy) is 1. The van der Waals surface area contributed by atoms with E-state index in [1.807, 2.05) is 53.4 Å². The maximum Gasteiger partial charge on any atom is 0.227 e. The first-order valence-corrected chi connectivity index (χ1v) is 10.8. The Balaban J connectivity index is 1.42. The van der Waals surface area contributed by atoms with Crippen molar-refractivity contribution in [2.24, 2.45) is 0 Å². The van der Waals surface area contributed by atoms with Crippen molar-refractivity contribution in [2.45, 2.75) is 25.2 Å². The van der Waals surface area contributed by atoms with Gasteiger partial charge in [-0.3, -0.25) is 4.79 Å². The van der Waals surface area contributed by atoms with Crippen molar-refractivity contribution in [3.63, 3.8) is 0 Å². The molecule has 3 aromatic rings. The molecule has 1 atom stereocenters. The predicted octanol–water partition coefficient (Wildman–Crippen LogP) is 4.82. The average molecular weight is 428 g/mol. The van der Waals surface area contributed by atoms with Crippen LogP contribution < -0.4 is 4.74 Å². The number of likely N-dealkylation sites (tertiary alicyclic amines) is 1. The van der Waals surface area contributed by atoms with Gasteiger partial charge in [0.25, 0.3) is 0 Å². The summed E-state index contributed by atoms with van der Waals surface area (Å²) in [6, 6.07) is 15.3. The van der Waals surface area contributed by atoms with Crippen LogP contribution in [-0.4, -0.2) is 41.2 Å². The molecular formula is C22H22ClN3O2S. The summed E-state index contributed by atoms with van der Waals surface area (Å²) in [6.07, 6.45) is 2.41. The third kappa shape index (κ3) is 4.77. The molecule has 1 aliphatic heterocycles. The molecule has 150 valence electrons. The summed E-state index contributed by atoms with van der Waals surface area (Å²) in [5, 5.41) is 11.4. The second-order valence-electron chi connectivity index (χ2n) is 7.16. The fraction of sp³-hybridized carbons (Fsp3) is 0.318. The van der Waals surface area contributed by atoms with E-state index in [0.717, 1.165) is 46.3 Å². The van der Waals surface area contributed by atoms with Crippen molar-refractivity contribution in [3.8, 4) is 16.3 Å². The number of hydrogen-bond acceptors (Lipinski definition) is 5. The molecule has 0 N–H and O–H groups in total. The normalized spacial score (nSPS) is 16.6. The summed E-state index contributed by atoms with van der Waals surface area (Å²) in [5.74, 6) is 1.21. The van der Waals surface area contributed by atoms with Gasteiger partial charge in [-0.25, -0.2) is 0 Å². The molecule has 1 saturated heterocycles. The first kappa shape index (κ1) is 19.9. The molecule has 4 rings (SSSR count). The number of halogens is 1. The lowest BCUT2D eigenvalue weighted by atomic mass is 9.98. The van der Waals surface area contributed by atoms with Crippen molar-refractivity contribution in [2.75, 3.05) is 20.2 Å². The van der Waals surface area contributed by atoms with Crippen molar-refractivity contribution < 1.29 is 9.53 Å². The van der Waals surface area contributed by atoms with Gasteiger partial charge in [-0.2, -0.15) is 0 Å². The molecule has 7 heteroatoms. The standard InChI is InChI=1S/C22H22ClN3O2S/c1-28-19-10-6-16(7-11-19)21-24-25-22(29-21)17-3-2-12-26(14-17)20(27)13-15-4-8-18(23)9-5-15/h4-11,17H,2-3,12-14H2,1H3. The van der Waals surface area contributed by atoms with Crippen molar-refractivity contribution >= 4 is 28.8 Å². The van der Waals surface area contributed by atoms with Gasteiger partial charge in [-0.15, -0.1) is 10.2 Å². The Morgan fingerprint density at radius 2 is 1.93 bits per heavy atom. The number of nitrogens with zero attached hydrogens (tertiary/aromatic N) is 3. The molecule has 0 spiro atoms. The Labute approximate surface area is 179 Å². The number of piperidine rings is 1. The van der Waals surface area contributed by atoms with Crippen LogP contribution >= 0.6 is 22.9 Å². The van der Waals surface area contributed by atoms with Crippen LogP contribution in [0.15, 0.2) is 48.5 Å². The summed E-state index contributed by atoms with van der Waals surface area (Å²) >= 11 is 7.54. The highest BCUT2D eigenvalue weighted by Crippen LogP contribution is 2.33. The third-order valence-electron chi connectivity index (χ3n) is 5.17. The fourth-order valence-corrected chi connectivity index (χ4v) is 4.64. The van der Waals surface area contributed by atoms with E-state index in [-0.39, 0.29) is 11.8 Å². The molecule has 1 amide bonds. The number of carbonyl (C=O) groups excluding carboxylic acids is 1. The van der Waals surface area contributed by atoms with E-state index in [1.165, 1.54) is 0 Å². The molecule has 0 radical (unpaired) electrons. The van der Waals surface area contributed by atoms with Gasteiger partial charge >= 0.3 is 0 Å². The highest BCUT2D eigenvalue weighted by molar-refractivity contribution is 7.14. The van der Waals surface area contributed by atoms with Crippen LogP contribution in [-0.2, 0) is 11.2 Å². The Morgan fingerprint density at radius 1 is 1.17 bits per heavy atom. The molecule has 2 heterocycles. The van der Waals surface area contributed by atoms with Crippen LogP contribution in [0.5, 0.6) is 5.75 Å². The van der Waals surface area contributed by atoms with Gasteiger partial charge in [0.05, 0.1) is 13.5 Å². The summed E-state index contributed by atoms with van der Waals surface area (Å²) in [4.78, 5) is 14.7. The molecule has 2 aromatic carbocycles. The molecule has 1 fully saturated rings. The van der Waals surface area contributed by atoms with Crippen LogP contribution in [0.2, 0.25) is 5.02 Å². The molecular weight excluding hydrogens is 406 g/mol. The monoisotopic (exact) mass is 427 g/mol. The topological polar surface area (TPSA) is 55.3 Å². The van der Waals surface area contributed by atoms with E-state index in [9.17, 15) is 4.79 Å². The maximum atomic E-state index is 12.8. The zero-order chi connectivity index (χ0) is 20.2. The second kappa shape index (κ2) is 8.93. The van der Waals surface area contributed by atoms with E-state index in [1.54, 1.807) is 18.4 Å². The number of methoxy groups -OCH3 is 1. The molecule has 1 aromatic heterocycles. The largest absolute Gasteiger partial charge is 0.497 e. The van der Waals surface area contributed by atoms with Crippen LogP contribution in [0.4, 0.5) is 0 Å². The minimum absolute atomic E-state index is 0.150. The first-order valence-electron chi connectivity index (χ1n) is 9.62. The number of rotatable bonds is 5. The van der Waals surface area contributed by atoms with Crippen molar-refractivity contribution in [1.29, 1.82) is 0 Å². The number of hydrogen-bond donors (Lipinski definition) is 0. The van der Waals surface area contributed by atoms with Crippen LogP contribution in [0.25, 0.3) is 10.6 Å². The lowest BCUT2D eigenvalue weighted by Crippen LogP contribution is -2.39. The zero-order valence-electron chi connectivity index (χ0n) is 16.2. The van der Waals surface area contributed by atoms with Gasteiger partial charge in [0.15, 0.2) is 0 Å². The SMILES string of the molecule is COc1ccc(-c2nnc(C3CCCN(C(=O)Cc4ccc(Cl)cc4)C3)s2)cc1. The molecule has 5 nitrogen and oxygen atoms in total. The smallest absolute Gasteiger partial charge is 0.227 e. The lowest BCUT2D eigenvalue weighted by molar-refractivity contribution is -0.131. The molecule has 0 saturated carbocycles. The van der Waals surface area contributed by atoms with E-state index < -0.39 is 0 Å². The van der Waals surface area contributed by atoms with Crippen LogP contribution in [0, 0.1) is 0 Å². The molecule has 0 aliphatic carbocycles. The Kier molecular flexibility index (Phi) is 6.11. The number of carbonyl (C=O) groups is 1. The Hall–Kier alpha value is -2.44. The number of aromatic nitrogens is 2. The molecule has 1 unspecified atom stereocenters. The minimum atomic E-state index is 0.150. The second-order valence-corrected chi connectivity index (χ2v) is 8.60. The van der Waals surface area contributed by atoms with Gasteiger partial charge in [0.1, 0.15) is 15.8 Å². The van der Waals surface area contributed by atoms with E-state index in [2.05, 4.69) is 10.2 Å². The maximum absolute atomic E-state index is 12.8. The predicted molar refractivity (Wildman–Crippen MR) is 116 cm³/mol. The summed E-state index contributed by atoms with van der Waals surface area (Å²) in [6.45, 7) is 1.50. The third-order valence-corrected chi connectivity index (χ3v) is 6.56. The van der Waals surface area contributed by atoms with E-state index in [0.29, 0.717) is 18.0 Å². The van der Waals surface area contributed by atoms with Crippen LogP contribution in [0.3, 0.4) is 0 Å². The zero-order valence-corrected chi connectivity index (χ0v) is 17.7. The van der Waals surface area contributed by atoms with Crippen molar-refractivity contribution in [1.82, 2.24) is 15.1 Å². The highest BCUT2D eigenvalue weighted by atomic mass is 35.5. The quantitative estimate of drug-likeness (QED) is 0.586. The highest BCUT2D eigenvalue weighted by Gasteiger charge is 2.27. The fourth-order valence-electron chi connectivity index (χ4n) is 3.54. The van der Waals surface area contributed by atoms with E-state index >= 15 is 0 Å². The van der Waals surface area contributed by atoms with Gasteiger partial charge < -0.3 is 9.64 Å². The first-order chi connectivity index (χ1) is 14.1. The number of amides is 1. The summed E-state index contributed by atoms with van der Waals surface area (Å²) in [5.41, 5.74) is 2.01. The minimum Gasteiger partial charge on any atom is -0.497 e. The number of benzene rings is 2. The Morgan fingerprint density at radius 3 is 2.66 bits per heavy atom.